The smallest absolute Gasteiger partial charge is 0.269 e. The molecule has 0 saturated carbocycles. The molecule has 0 saturated heterocycles. The van der Waals surface area contributed by atoms with Gasteiger partial charge in [0.15, 0.2) is 0 Å². The van der Waals surface area contributed by atoms with Gasteiger partial charge in [0.05, 0.1) is 0 Å². The summed E-state index contributed by atoms with van der Waals surface area (Å²) in [6, 6.07) is 18.1. The lowest BCUT2D eigenvalue weighted by Gasteiger charge is -2.19. The van der Waals surface area contributed by atoms with Crippen LogP contribution in [0.25, 0.3) is 0 Å². The number of carbonyl (C=O) groups excluding carboxylic acids is 2. The normalized spacial score (nSPS) is 12.1. The summed E-state index contributed by atoms with van der Waals surface area (Å²) in [5.41, 5.74) is 5.34. The number of halogens is 2. The molecule has 0 bridgehead atoms. The van der Waals surface area contributed by atoms with E-state index >= 15 is 0 Å². The molecule has 3 aromatic rings. The van der Waals surface area contributed by atoms with Gasteiger partial charge in [0.2, 0.25) is 10.0 Å². The average Bonchev–Trinajstić information content (AvgIpc) is 2.78. The van der Waals surface area contributed by atoms with Crippen LogP contribution in [0.15, 0.2) is 83.8 Å². The molecule has 7 nitrogen and oxygen atoms in total. The molecule has 166 valence electrons. The summed E-state index contributed by atoms with van der Waals surface area (Å²) >= 11 is 5.79. The van der Waals surface area contributed by atoms with Crippen molar-refractivity contribution in [2.45, 2.75) is 17.4 Å². The van der Waals surface area contributed by atoms with Crippen LogP contribution in [0.3, 0.4) is 0 Å². The Hall–Kier alpha value is -3.27. The maximum atomic E-state index is 14.0. The second-order valence-corrected chi connectivity index (χ2v) is 8.86. The fraction of sp³-hybridized carbons (Fsp3) is 0.0909. The van der Waals surface area contributed by atoms with Gasteiger partial charge in [-0.25, -0.2) is 12.8 Å². The predicted molar refractivity (Wildman–Crippen MR) is 118 cm³/mol. The van der Waals surface area contributed by atoms with Gasteiger partial charge < -0.3 is 0 Å². The highest BCUT2D eigenvalue weighted by Crippen LogP contribution is 2.15. The Morgan fingerprint density at radius 1 is 0.875 bits per heavy atom. The molecular formula is C22H19ClFN3O4S. The van der Waals surface area contributed by atoms with E-state index in [1.807, 2.05) is 0 Å². The SMILES string of the molecule is O=C(NNC(=O)C(Cc1ccccc1)NS(=O)(=O)c1ccccc1F)c1ccc(Cl)cc1. The number of nitrogens with one attached hydrogen (secondary N) is 3. The molecule has 0 fully saturated rings. The Morgan fingerprint density at radius 2 is 1.50 bits per heavy atom. The van der Waals surface area contributed by atoms with Crippen LogP contribution >= 0.6 is 11.6 Å². The summed E-state index contributed by atoms with van der Waals surface area (Å²) in [6.45, 7) is 0. The summed E-state index contributed by atoms with van der Waals surface area (Å²) < 4.78 is 41.7. The van der Waals surface area contributed by atoms with Crippen LogP contribution in [0.2, 0.25) is 5.02 Å². The van der Waals surface area contributed by atoms with Crippen molar-refractivity contribution >= 4 is 33.4 Å². The molecule has 3 rings (SSSR count). The molecule has 32 heavy (non-hydrogen) atoms. The van der Waals surface area contributed by atoms with Gasteiger partial charge in [0.1, 0.15) is 16.8 Å². The first-order valence-corrected chi connectivity index (χ1v) is 11.3. The first kappa shape index (κ1) is 23.4. The van der Waals surface area contributed by atoms with E-state index < -0.39 is 38.6 Å². The van der Waals surface area contributed by atoms with Crippen molar-refractivity contribution < 1.29 is 22.4 Å². The van der Waals surface area contributed by atoms with E-state index in [1.54, 1.807) is 30.3 Å². The summed E-state index contributed by atoms with van der Waals surface area (Å²) in [7, 11) is -4.36. The van der Waals surface area contributed by atoms with E-state index in [0.717, 1.165) is 12.1 Å². The lowest BCUT2D eigenvalue weighted by molar-refractivity contribution is -0.123. The van der Waals surface area contributed by atoms with Crippen LogP contribution in [-0.4, -0.2) is 26.3 Å². The highest BCUT2D eigenvalue weighted by atomic mass is 35.5. The van der Waals surface area contributed by atoms with E-state index in [0.29, 0.717) is 10.6 Å². The quantitative estimate of drug-likeness (QED) is 0.457. The number of sulfonamides is 1. The zero-order valence-corrected chi connectivity index (χ0v) is 18.2. The molecule has 2 amide bonds. The number of amides is 2. The molecule has 0 aromatic heterocycles. The second-order valence-electron chi connectivity index (χ2n) is 6.74. The first-order chi connectivity index (χ1) is 15.3. The lowest BCUT2D eigenvalue weighted by atomic mass is 10.1. The lowest BCUT2D eigenvalue weighted by Crippen LogP contribution is -2.53. The maximum absolute atomic E-state index is 14.0. The maximum Gasteiger partial charge on any atom is 0.269 e. The molecule has 0 radical (unpaired) electrons. The van der Waals surface area contributed by atoms with E-state index in [4.69, 9.17) is 11.6 Å². The minimum Gasteiger partial charge on any atom is -0.271 e. The Morgan fingerprint density at radius 3 is 2.16 bits per heavy atom. The van der Waals surface area contributed by atoms with Crippen molar-refractivity contribution in [2.75, 3.05) is 0 Å². The minimum atomic E-state index is -4.36. The Labute approximate surface area is 189 Å². The zero-order valence-electron chi connectivity index (χ0n) is 16.6. The van der Waals surface area contributed by atoms with Crippen LogP contribution in [-0.2, 0) is 21.2 Å². The topological polar surface area (TPSA) is 104 Å². The Bertz CT molecular complexity index is 1210. The molecule has 1 unspecified atom stereocenters. The van der Waals surface area contributed by atoms with Gasteiger partial charge in [-0.15, -0.1) is 0 Å². The summed E-state index contributed by atoms with van der Waals surface area (Å²) in [6.07, 6.45) is -0.0306. The average molecular weight is 476 g/mol. The van der Waals surface area contributed by atoms with Gasteiger partial charge in [-0.05, 0) is 48.4 Å². The predicted octanol–water partition coefficient (Wildman–Crippen LogP) is 2.83. The van der Waals surface area contributed by atoms with E-state index in [1.165, 1.54) is 36.4 Å². The van der Waals surface area contributed by atoms with E-state index in [9.17, 15) is 22.4 Å². The van der Waals surface area contributed by atoms with Gasteiger partial charge in [-0.3, -0.25) is 20.4 Å². The molecular weight excluding hydrogens is 457 g/mol. The minimum absolute atomic E-state index is 0.0306. The van der Waals surface area contributed by atoms with Crippen molar-refractivity contribution in [3.05, 3.63) is 101 Å². The molecule has 3 aromatic carbocycles. The van der Waals surface area contributed by atoms with Crippen LogP contribution in [0.4, 0.5) is 4.39 Å². The standard InChI is InChI=1S/C22H19ClFN3O4S/c23-17-12-10-16(11-13-17)21(28)25-26-22(29)19(14-15-6-2-1-3-7-15)27-32(30,31)20-9-5-4-8-18(20)24/h1-13,19,27H,14H2,(H,25,28)(H,26,29). The van der Waals surface area contributed by atoms with Crippen LogP contribution in [0.5, 0.6) is 0 Å². The summed E-state index contributed by atoms with van der Waals surface area (Å²) in [5, 5.41) is 0.441. The third-order valence-corrected chi connectivity index (χ3v) is 6.19. The third kappa shape index (κ3) is 6.13. The Balaban J connectivity index is 1.77. The number of hydrogen-bond donors (Lipinski definition) is 3. The van der Waals surface area contributed by atoms with Gasteiger partial charge in [-0.1, -0.05) is 54.1 Å². The van der Waals surface area contributed by atoms with E-state index in [-0.39, 0.29) is 12.0 Å². The Kier molecular flexibility index (Phi) is 7.57. The van der Waals surface area contributed by atoms with Crippen LogP contribution < -0.4 is 15.6 Å². The van der Waals surface area contributed by atoms with Crippen LogP contribution in [0.1, 0.15) is 15.9 Å². The zero-order chi connectivity index (χ0) is 23.1. The molecule has 0 aliphatic carbocycles. The largest absolute Gasteiger partial charge is 0.271 e. The van der Waals surface area contributed by atoms with Crippen molar-refractivity contribution in [3.8, 4) is 0 Å². The summed E-state index contributed by atoms with van der Waals surface area (Å²) in [5.74, 6) is -2.39. The van der Waals surface area contributed by atoms with Crippen molar-refractivity contribution in [1.82, 2.24) is 15.6 Å². The number of benzene rings is 3. The molecule has 3 N–H and O–H groups in total. The second kappa shape index (κ2) is 10.4. The highest BCUT2D eigenvalue weighted by Gasteiger charge is 2.28. The van der Waals surface area contributed by atoms with Gasteiger partial charge >= 0.3 is 0 Å². The van der Waals surface area contributed by atoms with E-state index in [2.05, 4.69) is 15.6 Å². The number of hydrogen-bond acceptors (Lipinski definition) is 4. The first-order valence-electron chi connectivity index (χ1n) is 9.43. The molecule has 0 aliphatic heterocycles. The number of hydrazine groups is 1. The fourth-order valence-electron chi connectivity index (χ4n) is 2.83. The molecule has 0 heterocycles. The monoisotopic (exact) mass is 475 g/mol. The van der Waals surface area contributed by atoms with Crippen molar-refractivity contribution in [2.24, 2.45) is 0 Å². The molecule has 1 atom stereocenters. The third-order valence-electron chi connectivity index (χ3n) is 4.43. The highest BCUT2D eigenvalue weighted by molar-refractivity contribution is 7.89. The molecule has 0 aliphatic rings. The van der Waals surface area contributed by atoms with Crippen molar-refractivity contribution in [1.29, 1.82) is 0 Å². The molecule has 10 heteroatoms. The number of rotatable bonds is 7. The van der Waals surface area contributed by atoms with Gasteiger partial charge in [0.25, 0.3) is 11.8 Å². The summed E-state index contributed by atoms with van der Waals surface area (Å²) in [4.78, 5) is 24.4. The van der Waals surface area contributed by atoms with Crippen molar-refractivity contribution in [3.63, 3.8) is 0 Å². The fourth-order valence-corrected chi connectivity index (χ4v) is 4.23. The van der Waals surface area contributed by atoms with Crippen LogP contribution in [0, 0.1) is 5.82 Å². The van der Waals surface area contributed by atoms with Gasteiger partial charge in [-0.2, -0.15) is 4.72 Å². The van der Waals surface area contributed by atoms with Gasteiger partial charge in [0, 0.05) is 10.6 Å². The molecule has 0 spiro atoms. The number of carbonyl (C=O) groups is 2.